The van der Waals surface area contributed by atoms with E-state index in [0.29, 0.717) is 6.04 Å². The molecular weight excluding hydrogens is 262 g/mol. The molecule has 1 saturated carbocycles. The third-order valence-electron chi connectivity index (χ3n) is 3.84. The van der Waals surface area contributed by atoms with Gasteiger partial charge in [-0.05, 0) is 43.9 Å². The summed E-state index contributed by atoms with van der Waals surface area (Å²) in [5, 5.41) is 6.87. The number of nitrogens with one attached hydrogen (secondary N) is 2. The van der Waals surface area contributed by atoms with Crippen LogP contribution in [-0.2, 0) is 6.42 Å². The summed E-state index contributed by atoms with van der Waals surface area (Å²) in [5.74, 6) is 1.86. The van der Waals surface area contributed by atoms with Gasteiger partial charge in [-0.25, -0.2) is 0 Å². The predicted octanol–water partition coefficient (Wildman–Crippen LogP) is 2.74. The summed E-state index contributed by atoms with van der Waals surface area (Å²) < 4.78 is 5.25. The lowest BCUT2D eigenvalue weighted by molar-refractivity contribution is 0.414. The summed E-state index contributed by atoms with van der Waals surface area (Å²) in [6.07, 6.45) is 6.13. The van der Waals surface area contributed by atoms with E-state index in [0.717, 1.165) is 31.2 Å². The summed E-state index contributed by atoms with van der Waals surface area (Å²) in [6, 6.07) is 8.79. The Labute approximate surface area is 128 Å². The zero-order valence-corrected chi connectivity index (χ0v) is 13.2. The van der Waals surface area contributed by atoms with Gasteiger partial charge in [-0.2, -0.15) is 0 Å². The molecule has 0 unspecified atom stereocenters. The highest BCUT2D eigenvalue weighted by Gasteiger charge is 2.15. The van der Waals surface area contributed by atoms with Crippen molar-refractivity contribution >= 4 is 5.96 Å². The van der Waals surface area contributed by atoms with Gasteiger partial charge in [-0.1, -0.05) is 25.0 Å². The van der Waals surface area contributed by atoms with Crippen LogP contribution in [0.4, 0.5) is 0 Å². The van der Waals surface area contributed by atoms with Crippen LogP contribution in [0.25, 0.3) is 0 Å². The lowest BCUT2D eigenvalue weighted by Gasteiger charge is -2.16. The second-order valence-corrected chi connectivity index (χ2v) is 5.49. The van der Waals surface area contributed by atoms with Crippen molar-refractivity contribution in [2.75, 3.05) is 20.2 Å². The predicted molar refractivity (Wildman–Crippen MR) is 88.1 cm³/mol. The van der Waals surface area contributed by atoms with E-state index in [1.54, 1.807) is 7.11 Å². The van der Waals surface area contributed by atoms with Crippen molar-refractivity contribution in [2.45, 2.75) is 45.1 Å². The molecule has 0 amide bonds. The zero-order chi connectivity index (χ0) is 14.9. The minimum Gasteiger partial charge on any atom is -0.497 e. The van der Waals surface area contributed by atoms with Gasteiger partial charge in [0.05, 0.1) is 7.11 Å². The normalized spacial score (nSPS) is 16.0. The molecule has 0 heterocycles. The highest BCUT2D eigenvalue weighted by Crippen LogP contribution is 2.17. The molecule has 0 spiro atoms. The number of benzene rings is 1. The zero-order valence-electron chi connectivity index (χ0n) is 13.2. The van der Waals surface area contributed by atoms with Crippen LogP contribution >= 0.6 is 0 Å². The molecule has 21 heavy (non-hydrogen) atoms. The number of rotatable bonds is 6. The first-order valence-corrected chi connectivity index (χ1v) is 7.99. The fraction of sp³-hybridized carbons (Fsp3) is 0.588. The largest absolute Gasteiger partial charge is 0.497 e. The minimum atomic E-state index is 0.597. The average molecular weight is 289 g/mol. The SMILES string of the molecule is CCNC(=NCCc1cccc(OC)c1)NC1CCCC1. The first kappa shape index (κ1) is 15.7. The standard InChI is InChI=1S/C17H27N3O/c1-3-18-17(20-15-8-4-5-9-15)19-12-11-14-7-6-10-16(13-14)21-2/h6-7,10,13,15H,3-5,8-9,11-12H2,1-2H3,(H2,18,19,20). The molecular formula is C17H27N3O. The highest BCUT2D eigenvalue weighted by atomic mass is 16.5. The van der Waals surface area contributed by atoms with Crippen LogP contribution in [0.5, 0.6) is 5.75 Å². The Hall–Kier alpha value is -1.71. The van der Waals surface area contributed by atoms with E-state index in [1.807, 2.05) is 12.1 Å². The Bertz CT molecular complexity index is 453. The van der Waals surface area contributed by atoms with Gasteiger partial charge in [0.25, 0.3) is 0 Å². The van der Waals surface area contributed by atoms with E-state index in [-0.39, 0.29) is 0 Å². The third kappa shape index (κ3) is 5.29. The van der Waals surface area contributed by atoms with Gasteiger partial charge in [0.15, 0.2) is 5.96 Å². The number of hydrogen-bond donors (Lipinski definition) is 2. The smallest absolute Gasteiger partial charge is 0.191 e. The molecule has 0 aromatic heterocycles. The Morgan fingerprint density at radius 1 is 1.33 bits per heavy atom. The fourth-order valence-electron chi connectivity index (χ4n) is 2.71. The topological polar surface area (TPSA) is 45.7 Å². The molecule has 0 saturated heterocycles. The van der Waals surface area contributed by atoms with E-state index < -0.39 is 0 Å². The first-order valence-electron chi connectivity index (χ1n) is 7.99. The Balaban J connectivity index is 1.85. The maximum atomic E-state index is 5.25. The summed E-state index contributed by atoms with van der Waals surface area (Å²) >= 11 is 0. The molecule has 4 nitrogen and oxygen atoms in total. The fourth-order valence-corrected chi connectivity index (χ4v) is 2.71. The molecule has 1 aromatic rings. The lowest BCUT2D eigenvalue weighted by atomic mass is 10.1. The van der Waals surface area contributed by atoms with E-state index in [4.69, 9.17) is 4.74 Å². The second kappa shape index (κ2) is 8.55. The molecule has 1 fully saturated rings. The van der Waals surface area contributed by atoms with Crippen molar-refractivity contribution in [3.8, 4) is 5.75 Å². The van der Waals surface area contributed by atoms with Gasteiger partial charge >= 0.3 is 0 Å². The van der Waals surface area contributed by atoms with Crippen LogP contribution in [0.15, 0.2) is 29.3 Å². The molecule has 0 radical (unpaired) electrons. The number of guanidine groups is 1. The van der Waals surface area contributed by atoms with Gasteiger partial charge in [0.2, 0.25) is 0 Å². The Morgan fingerprint density at radius 2 is 2.14 bits per heavy atom. The summed E-state index contributed by atoms with van der Waals surface area (Å²) in [6.45, 7) is 3.79. The average Bonchev–Trinajstić information content (AvgIpc) is 3.00. The van der Waals surface area contributed by atoms with Gasteiger partial charge in [-0.15, -0.1) is 0 Å². The van der Waals surface area contributed by atoms with Gasteiger partial charge < -0.3 is 15.4 Å². The molecule has 4 heteroatoms. The maximum absolute atomic E-state index is 5.25. The van der Waals surface area contributed by atoms with Gasteiger partial charge in [0.1, 0.15) is 5.75 Å². The molecule has 0 aliphatic heterocycles. The van der Waals surface area contributed by atoms with Gasteiger partial charge in [-0.3, -0.25) is 4.99 Å². The molecule has 1 aliphatic carbocycles. The van der Waals surface area contributed by atoms with Crippen molar-refractivity contribution < 1.29 is 4.74 Å². The molecule has 2 rings (SSSR count). The Morgan fingerprint density at radius 3 is 2.86 bits per heavy atom. The van der Waals surface area contributed by atoms with Crippen molar-refractivity contribution in [3.05, 3.63) is 29.8 Å². The van der Waals surface area contributed by atoms with Gasteiger partial charge in [0, 0.05) is 19.1 Å². The molecule has 0 bridgehead atoms. The van der Waals surface area contributed by atoms with Crippen LogP contribution in [0.1, 0.15) is 38.2 Å². The van der Waals surface area contributed by atoms with Crippen molar-refractivity contribution in [1.29, 1.82) is 0 Å². The van der Waals surface area contributed by atoms with Crippen LogP contribution in [-0.4, -0.2) is 32.2 Å². The van der Waals surface area contributed by atoms with E-state index in [1.165, 1.54) is 31.2 Å². The number of methoxy groups -OCH3 is 1. The van der Waals surface area contributed by atoms with E-state index in [9.17, 15) is 0 Å². The summed E-state index contributed by atoms with van der Waals surface area (Å²) in [4.78, 5) is 4.68. The minimum absolute atomic E-state index is 0.597. The van der Waals surface area contributed by atoms with E-state index in [2.05, 4.69) is 34.7 Å². The van der Waals surface area contributed by atoms with Crippen molar-refractivity contribution in [1.82, 2.24) is 10.6 Å². The molecule has 0 atom stereocenters. The van der Waals surface area contributed by atoms with Crippen molar-refractivity contribution in [2.24, 2.45) is 4.99 Å². The molecule has 116 valence electrons. The first-order chi connectivity index (χ1) is 10.3. The number of aliphatic imine (C=N–C) groups is 1. The Kier molecular flexibility index (Phi) is 6.38. The van der Waals surface area contributed by atoms with Crippen LogP contribution < -0.4 is 15.4 Å². The van der Waals surface area contributed by atoms with Crippen LogP contribution in [0, 0.1) is 0 Å². The monoisotopic (exact) mass is 289 g/mol. The molecule has 1 aromatic carbocycles. The quantitative estimate of drug-likeness (QED) is 0.625. The van der Waals surface area contributed by atoms with Crippen LogP contribution in [0.3, 0.4) is 0 Å². The maximum Gasteiger partial charge on any atom is 0.191 e. The second-order valence-electron chi connectivity index (χ2n) is 5.49. The van der Waals surface area contributed by atoms with E-state index >= 15 is 0 Å². The molecule has 2 N–H and O–H groups in total. The highest BCUT2D eigenvalue weighted by molar-refractivity contribution is 5.80. The summed E-state index contributed by atoms with van der Waals surface area (Å²) in [7, 11) is 1.70. The lowest BCUT2D eigenvalue weighted by Crippen LogP contribution is -2.42. The number of hydrogen-bond acceptors (Lipinski definition) is 2. The molecule has 1 aliphatic rings. The third-order valence-corrected chi connectivity index (χ3v) is 3.84. The van der Waals surface area contributed by atoms with Crippen molar-refractivity contribution in [3.63, 3.8) is 0 Å². The number of nitrogens with zero attached hydrogens (tertiary/aromatic N) is 1. The van der Waals surface area contributed by atoms with Crippen LogP contribution in [0.2, 0.25) is 0 Å². The summed E-state index contributed by atoms with van der Waals surface area (Å²) in [5.41, 5.74) is 1.26. The number of ether oxygens (including phenoxy) is 1.